The van der Waals surface area contributed by atoms with Gasteiger partial charge in [-0.15, -0.1) is 0 Å². The number of hydrogen-bond donors (Lipinski definition) is 1. The molecule has 0 aliphatic heterocycles. The van der Waals surface area contributed by atoms with Gasteiger partial charge < -0.3 is 9.64 Å². The zero-order chi connectivity index (χ0) is 19.0. The van der Waals surface area contributed by atoms with E-state index in [0.29, 0.717) is 16.6 Å². The van der Waals surface area contributed by atoms with E-state index in [-0.39, 0.29) is 12.0 Å². The van der Waals surface area contributed by atoms with Crippen LogP contribution < -0.4 is 15.0 Å². The molecule has 4 rings (SSSR count). The number of likely N-dealkylation sites (N-methyl/N-ethyl adjacent to an activating group) is 1. The van der Waals surface area contributed by atoms with Crippen LogP contribution in [0.25, 0.3) is 0 Å². The van der Waals surface area contributed by atoms with Crippen molar-refractivity contribution in [1.29, 1.82) is 0 Å². The molecule has 2 aliphatic carbocycles. The van der Waals surface area contributed by atoms with Gasteiger partial charge in [0, 0.05) is 23.6 Å². The molecule has 0 atom stereocenters. The Morgan fingerprint density at radius 2 is 1.96 bits per heavy atom. The van der Waals surface area contributed by atoms with Gasteiger partial charge in [-0.3, -0.25) is 10.1 Å². The van der Waals surface area contributed by atoms with Crippen molar-refractivity contribution in [2.45, 2.75) is 43.9 Å². The first-order valence-corrected chi connectivity index (χ1v) is 9.97. The van der Waals surface area contributed by atoms with Crippen molar-refractivity contribution in [3.8, 4) is 5.75 Å². The van der Waals surface area contributed by atoms with Crippen molar-refractivity contribution in [3.63, 3.8) is 0 Å². The minimum atomic E-state index is -0.549. The SMILES string of the molecule is CN(C(=O)C1(NCc2cc(Cl)ccc2Cl)CC1)c1ccccc1OC1CC1. The van der Waals surface area contributed by atoms with Crippen LogP contribution in [0.5, 0.6) is 5.75 Å². The van der Waals surface area contributed by atoms with Gasteiger partial charge in [0.2, 0.25) is 5.91 Å². The number of ether oxygens (including phenoxy) is 1. The first-order chi connectivity index (χ1) is 13.0. The molecule has 2 fully saturated rings. The van der Waals surface area contributed by atoms with Gasteiger partial charge in [-0.05, 0) is 61.6 Å². The molecule has 142 valence electrons. The lowest BCUT2D eigenvalue weighted by molar-refractivity contribution is -0.121. The molecule has 2 saturated carbocycles. The molecule has 27 heavy (non-hydrogen) atoms. The van der Waals surface area contributed by atoms with Gasteiger partial charge in [-0.2, -0.15) is 0 Å². The zero-order valence-electron chi connectivity index (χ0n) is 15.2. The Morgan fingerprint density at radius 1 is 1.22 bits per heavy atom. The first kappa shape index (κ1) is 18.6. The van der Waals surface area contributed by atoms with Crippen molar-refractivity contribution in [3.05, 3.63) is 58.1 Å². The number of amides is 1. The van der Waals surface area contributed by atoms with Gasteiger partial charge >= 0.3 is 0 Å². The maximum atomic E-state index is 13.2. The number of para-hydroxylation sites is 2. The standard InChI is InChI=1S/C21H22Cl2N2O2/c1-25(18-4-2-3-5-19(18)27-16-7-8-16)20(26)21(10-11-21)24-13-14-12-15(22)6-9-17(14)23/h2-6,9,12,16,24H,7-8,10-11,13H2,1H3. The Balaban J connectivity index is 1.47. The fourth-order valence-electron chi connectivity index (χ4n) is 3.16. The molecule has 1 amide bonds. The molecule has 0 unspecified atom stereocenters. The van der Waals surface area contributed by atoms with Crippen LogP contribution in [-0.4, -0.2) is 24.6 Å². The molecule has 4 nitrogen and oxygen atoms in total. The van der Waals surface area contributed by atoms with Crippen LogP contribution in [0.4, 0.5) is 5.69 Å². The molecule has 2 aromatic carbocycles. The largest absolute Gasteiger partial charge is 0.488 e. The van der Waals surface area contributed by atoms with Crippen LogP contribution in [0.15, 0.2) is 42.5 Å². The highest BCUT2D eigenvalue weighted by molar-refractivity contribution is 6.33. The Labute approximate surface area is 169 Å². The smallest absolute Gasteiger partial charge is 0.247 e. The predicted molar refractivity (Wildman–Crippen MR) is 109 cm³/mol. The maximum Gasteiger partial charge on any atom is 0.247 e. The van der Waals surface area contributed by atoms with E-state index >= 15 is 0 Å². The summed E-state index contributed by atoms with van der Waals surface area (Å²) in [4.78, 5) is 14.9. The van der Waals surface area contributed by atoms with E-state index in [1.807, 2.05) is 37.4 Å². The maximum absolute atomic E-state index is 13.2. The molecule has 0 bridgehead atoms. The van der Waals surface area contributed by atoms with E-state index in [1.54, 1.807) is 17.0 Å². The summed E-state index contributed by atoms with van der Waals surface area (Å²) in [6.45, 7) is 0.499. The number of nitrogens with one attached hydrogen (secondary N) is 1. The van der Waals surface area contributed by atoms with Crippen molar-refractivity contribution in [2.75, 3.05) is 11.9 Å². The van der Waals surface area contributed by atoms with Crippen LogP contribution in [0.2, 0.25) is 10.0 Å². The quantitative estimate of drug-likeness (QED) is 0.718. The molecule has 2 aromatic rings. The van der Waals surface area contributed by atoms with E-state index < -0.39 is 5.54 Å². The molecule has 0 heterocycles. The molecule has 0 spiro atoms. The molecule has 0 radical (unpaired) electrons. The van der Waals surface area contributed by atoms with Crippen molar-refractivity contribution >= 4 is 34.8 Å². The zero-order valence-corrected chi connectivity index (χ0v) is 16.7. The van der Waals surface area contributed by atoms with Crippen LogP contribution in [0, 0.1) is 0 Å². The second kappa shape index (κ2) is 7.34. The molecule has 2 aliphatic rings. The van der Waals surface area contributed by atoms with Gasteiger partial charge in [-0.1, -0.05) is 35.3 Å². The average Bonchev–Trinajstić information content (AvgIpc) is 3.58. The minimum absolute atomic E-state index is 0.0486. The third kappa shape index (κ3) is 4.08. The number of nitrogens with zero attached hydrogens (tertiary/aromatic N) is 1. The number of hydrogen-bond acceptors (Lipinski definition) is 3. The Kier molecular flexibility index (Phi) is 5.06. The second-order valence-electron chi connectivity index (χ2n) is 7.32. The Hall–Kier alpha value is -1.75. The summed E-state index contributed by atoms with van der Waals surface area (Å²) in [5, 5.41) is 4.68. The van der Waals surface area contributed by atoms with Gasteiger partial charge in [-0.25, -0.2) is 0 Å². The van der Waals surface area contributed by atoms with E-state index in [9.17, 15) is 4.79 Å². The topological polar surface area (TPSA) is 41.6 Å². The lowest BCUT2D eigenvalue weighted by atomic mass is 10.1. The Bertz CT molecular complexity index is 863. The van der Waals surface area contributed by atoms with Gasteiger partial charge in [0.05, 0.1) is 17.3 Å². The van der Waals surface area contributed by atoms with Crippen LogP contribution in [0.3, 0.4) is 0 Å². The highest BCUT2D eigenvalue weighted by Crippen LogP contribution is 2.41. The summed E-state index contributed by atoms with van der Waals surface area (Å²) in [5.41, 5.74) is 1.15. The summed E-state index contributed by atoms with van der Waals surface area (Å²) in [6.07, 6.45) is 4.06. The molecule has 0 saturated heterocycles. The summed E-state index contributed by atoms with van der Waals surface area (Å²) in [6, 6.07) is 13.1. The third-order valence-corrected chi connectivity index (χ3v) is 5.74. The number of halogens is 2. The highest BCUT2D eigenvalue weighted by atomic mass is 35.5. The van der Waals surface area contributed by atoms with E-state index in [4.69, 9.17) is 27.9 Å². The van der Waals surface area contributed by atoms with Gasteiger partial charge in [0.25, 0.3) is 0 Å². The lowest BCUT2D eigenvalue weighted by Crippen LogP contribution is -2.47. The Morgan fingerprint density at radius 3 is 2.67 bits per heavy atom. The fourth-order valence-corrected chi connectivity index (χ4v) is 3.54. The highest BCUT2D eigenvalue weighted by Gasteiger charge is 2.51. The first-order valence-electron chi connectivity index (χ1n) is 9.21. The number of rotatable bonds is 7. The van der Waals surface area contributed by atoms with Gasteiger partial charge in [0.15, 0.2) is 0 Å². The van der Waals surface area contributed by atoms with Crippen LogP contribution >= 0.6 is 23.2 Å². The number of anilines is 1. The molecule has 1 N–H and O–H groups in total. The summed E-state index contributed by atoms with van der Waals surface area (Å²) < 4.78 is 5.97. The van der Waals surface area contributed by atoms with E-state index in [0.717, 1.165) is 42.7 Å². The van der Waals surface area contributed by atoms with Crippen LogP contribution in [0.1, 0.15) is 31.2 Å². The number of carbonyl (C=O) groups is 1. The molecule has 0 aromatic heterocycles. The van der Waals surface area contributed by atoms with Crippen molar-refractivity contribution in [2.24, 2.45) is 0 Å². The molecular weight excluding hydrogens is 383 g/mol. The second-order valence-corrected chi connectivity index (χ2v) is 8.16. The lowest BCUT2D eigenvalue weighted by Gasteiger charge is -2.26. The van der Waals surface area contributed by atoms with Crippen molar-refractivity contribution in [1.82, 2.24) is 5.32 Å². The van der Waals surface area contributed by atoms with Crippen molar-refractivity contribution < 1.29 is 9.53 Å². The number of benzene rings is 2. The van der Waals surface area contributed by atoms with E-state index in [2.05, 4.69) is 5.32 Å². The predicted octanol–water partition coefficient (Wildman–Crippen LogP) is 4.82. The normalized spacial score (nSPS) is 17.4. The van der Waals surface area contributed by atoms with Crippen LogP contribution in [-0.2, 0) is 11.3 Å². The fraction of sp³-hybridized carbons (Fsp3) is 0.381. The summed E-state index contributed by atoms with van der Waals surface area (Å²) in [7, 11) is 1.81. The molecule has 6 heteroatoms. The minimum Gasteiger partial charge on any atom is -0.488 e. The van der Waals surface area contributed by atoms with Gasteiger partial charge in [0.1, 0.15) is 5.75 Å². The third-order valence-electron chi connectivity index (χ3n) is 5.13. The summed E-state index contributed by atoms with van der Waals surface area (Å²) >= 11 is 12.3. The molecular formula is C21H22Cl2N2O2. The summed E-state index contributed by atoms with van der Waals surface area (Å²) in [5.74, 6) is 0.817. The van der Waals surface area contributed by atoms with E-state index in [1.165, 1.54) is 0 Å². The average molecular weight is 405 g/mol. The monoisotopic (exact) mass is 404 g/mol. The number of carbonyl (C=O) groups excluding carboxylic acids is 1.